The zero-order chi connectivity index (χ0) is 20.9. The SMILES string of the molecule is CCC(C)(C)NC(=O)C[NH+]1CCN(S(=O)(=O)c2ccc(OC)c(OC)c2)CC1. The van der Waals surface area contributed by atoms with Gasteiger partial charge in [0.15, 0.2) is 18.0 Å². The summed E-state index contributed by atoms with van der Waals surface area (Å²) in [6.45, 7) is 8.30. The van der Waals surface area contributed by atoms with E-state index in [2.05, 4.69) is 5.32 Å². The Labute approximate surface area is 167 Å². The van der Waals surface area contributed by atoms with Gasteiger partial charge in [0.25, 0.3) is 5.91 Å². The van der Waals surface area contributed by atoms with Crippen molar-refractivity contribution >= 4 is 15.9 Å². The number of amides is 1. The van der Waals surface area contributed by atoms with E-state index in [9.17, 15) is 13.2 Å². The molecule has 1 aromatic rings. The molecule has 0 aromatic heterocycles. The molecule has 0 bridgehead atoms. The van der Waals surface area contributed by atoms with Gasteiger partial charge in [-0.1, -0.05) is 6.92 Å². The molecule has 0 spiro atoms. The molecule has 1 fully saturated rings. The number of benzene rings is 1. The molecular weight excluding hydrogens is 382 g/mol. The molecule has 2 N–H and O–H groups in total. The maximum Gasteiger partial charge on any atom is 0.275 e. The number of quaternary nitrogens is 1. The molecule has 2 rings (SSSR count). The zero-order valence-corrected chi connectivity index (χ0v) is 18.2. The molecule has 8 nitrogen and oxygen atoms in total. The van der Waals surface area contributed by atoms with Crippen molar-refractivity contribution < 1.29 is 27.6 Å². The topological polar surface area (TPSA) is 89.4 Å². The quantitative estimate of drug-likeness (QED) is 0.620. The van der Waals surface area contributed by atoms with Crippen LogP contribution in [0.5, 0.6) is 11.5 Å². The summed E-state index contributed by atoms with van der Waals surface area (Å²) in [5, 5.41) is 3.03. The molecule has 28 heavy (non-hydrogen) atoms. The molecule has 0 unspecified atom stereocenters. The van der Waals surface area contributed by atoms with Gasteiger partial charge < -0.3 is 19.7 Å². The zero-order valence-electron chi connectivity index (χ0n) is 17.4. The van der Waals surface area contributed by atoms with Crippen molar-refractivity contribution in [3.05, 3.63) is 18.2 Å². The largest absolute Gasteiger partial charge is 0.493 e. The van der Waals surface area contributed by atoms with Crippen LogP contribution in [0.15, 0.2) is 23.1 Å². The van der Waals surface area contributed by atoms with E-state index < -0.39 is 10.0 Å². The van der Waals surface area contributed by atoms with Crippen molar-refractivity contribution in [3.63, 3.8) is 0 Å². The second-order valence-electron chi connectivity index (χ2n) is 7.63. The number of rotatable bonds is 8. The van der Waals surface area contributed by atoms with Gasteiger partial charge in [-0.05, 0) is 32.4 Å². The van der Waals surface area contributed by atoms with Crippen molar-refractivity contribution in [1.82, 2.24) is 9.62 Å². The number of sulfonamides is 1. The van der Waals surface area contributed by atoms with Gasteiger partial charge in [0.2, 0.25) is 10.0 Å². The van der Waals surface area contributed by atoms with Gasteiger partial charge in [0.1, 0.15) is 0 Å². The van der Waals surface area contributed by atoms with Gasteiger partial charge in [0.05, 0.1) is 45.3 Å². The lowest BCUT2D eigenvalue weighted by Gasteiger charge is -2.32. The van der Waals surface area contributed by atoms with Crippen LogP contribution in [0, 0.1) is 0 Å². The van der Waals surface area contributed by atoms with Crippen molar-refractivity contribution in [2.75, 3.05) is 46.9 Å². The fourth-order valence-electron chi connectivity index (χ4n) is 3.08. The van der Waals surface area contributed by atoms with E-state index in [-0.39, 0.29) is 16.3 Å². The number of methoxy groups -OCH3 is 2. The molecule has 0 radical (unpaired) electrons. The standard InChI is InChI=1S/C19H31N3O5S/c1-6-19(2,3)20-18(23)14-21-9-11-22(12-10-21)28(24,25)15-7-8-16(26-4)17(13-15)27-5/h7-8,13H,6,9-12,14H2,1-5H3,(H,20,23)/p+1. The van der Waals surface area contributed by atoms with Gasteiger partial charge in [-0.3, -0.25) is 4.79 Å². The normalized spacial score (nSPS) is 16.6. The highest BCUT2D eigenvalue weighted by atomic mass is 32.2. The summed E-state index contributed by atoms with van der Waals surface area (Å²) in [6.07, 6.45) is 0.853. The van der Waals surface area contributed by atoms with Crippen molar-refractivity contribution in [1.29, 1.82) is 0 Å². The molecule has 9 heteroatoms. The second-order valence-corrected chi connectivity index (χ2v) is 9.57. The van der Waals surface area contributed by atoms with Crippen LogP contribution < -0.4 is 19.7 Å². The van der Waals surface area contributed by atoms with Crippen molar-refractivity contribution in [2.45, 2.75) is 37.6 Å². The third-order valence-electron chi connectivity index (χ3n) is 5.19. The van der Waals surface area contributed by atoms with E-state index in [1.54, 1.807) is 6.07 Å². The van der Waals surface area contributed by atoms with Gasteiger partial charge in [-0.15, -0.1) is 0 Å². The molecule has 0 aliphatic carbocycles. The third kappa shape index (κ3) is 5.36. The summed E-state index contributed by atoms with van der Waals surface area (Å²) in [6, 6.07) is 4.59. The lowest BCUT2D eigenvalue weighted by atomic mass is 10.0. The van der Waals surface area contributed by atoms with Crippen molar-refractivity contribution in [3.8, 4) is 11.5 Å². The lowest BCUT2D eigenvalue weighted by molar-refractivity contribution is -0.895. The maximum atomic E-state index is 13.0. The molecule has 1 aromatic carbocycles. The van der Waals surface area contributed by atoms with E-state index in [1.165, 1.54) is 30.7 Å². The van der Waals surface area contributed by atoms with E-state index in [4.69, 9.17) is 9.47 Å². The Hall–Kier alpha value is -1.84. The van der Waals surface area contributed by atoms with Crippen LogP contribution in [0.3, 0.4) is 0 Å². The minimum Gasteiger partial charge on any atom is -0.493 e. The number of piperazine rings is 1. The number of hydrogen-bond acceptors (Lipinski definition) is 5. The first-order valence-corrected chi connectivity index (χ1v) is 10.9. The Bertz CT molecular complexity index is 787. The van der Waals surface area contributed by atoms with E-state index in [0.29, 0.717) is 44.2 Å². The first-order valence-electron chi connectivity index (χ1n) is 9.49. The average molecular weight is 415 g/mol. The summed E-state index contributed by atoms with van der Waals surface area (Å²) < 4.78 is 37.7. The summed E-state index contributed by atoms with van der Waals surface area (Å²) in [4.78, 5) is 13.5. The van der Waals surface area contributed by atoms with E-state index in [0.717, 1.165) is 11.3 Å². The molecule has 1 aliphatic rings. The fourth-order valence-corrected chi connectivity index (χ4v) is 4.54. The number of carbonyl (C=O) groups excluding carboxylic acids is 1. The fraction of sp³-hybridized carbons (Fsp3) is 0.632. The molecule has 0 saturated carbocycles. The summed E-state index contributed by atoms with van der Waals surface area (Å²) in [5.41, 5.74) is -0.227. The van der Waals surface area contributed by atoms with E-state index >= 15 is 0 Å². The summed E-state index contributed by atoms with van der Waals surface area (Å²) >= 11 is 0. The second kappa shape index (κ2) is 9.11. The average Bonchev–Trinajstić information content (AvgIpc) is 2.67. The molecule has 1 heterocycles. The van der Waals surface area contributed by atoms with Crippen molar-refractivity contribution in [2.24, 2.45) is 0 Å². The molecule has 1 amide bonds. The van der Waals surface area contributed by atoms with Crippen LogP contribution in [0.2, 0.25) is 0 Å². The molecular formula is C19H32N3O5S+. The van der Waals surface area contributed by atoms with Gasteiger partial charge in [-0.2, -0.15) is 4.31 Å². The van der Waals surface area contributed by atoms with Crippen LogP contribution >= 0.6 is 0 Å². The highest BCUT2D eigenvalue weighted by molar-refractivity contribution is 7.89. The Morgan fingerprint density at radius 2 is 1.79 bits per heavy atom. The first kappa shape index (κ1) is 22.4. The third-order valence-corrected chi connectivity index (χ3v) is 7.09. The van der Waals surface area contributed by atoms with Crippen LogP contribution in [0.1, 0.15) is 27.2 Å². The predicted octanol–water partition coefficient (Wildman–Crippen LogP) is -0.102. The van der Waals surface area contributed by atoms with Crippen LogP contribution in [-0.4, -0.2) is 71.1 Å². The number of hydrogen-bond donors (Lipinski definition) is 2. The highest BCUT2D eigenvalue weighted by Gasteiger charge is 2.32. The van der Waals surface area contributed by atoms with Gasteiger partial charge >= 0.3 is 0 Å². The van der Waals surface area contributed by atoms with E-state index in [1.807, 2.05) is 20.8 Å². The minimum absolute atomic E-state index is 0.00181. The number of nitrogens with one attached hydrogen (secondary N) is 2. The highest BCUT2D eigenvalue weighted by Crippen LogP contribution is 2.30. The molecule has 0 atom stereocenters. The first-order chi connectivity index (χ1) is 13.1. The smallest absolute Gasteiger partial charge is 0.275 e. The van der Waals surface area contributed by atoms with Crippen LogP contribution in [0.4, 0.5) is 0 Å². The number of ether oxygens (including phenoxy) is 2. The molecule has 1 aliphatic heterocycles. The Morgan fingerprint density at radius 1 is 1.18 bits per heavy atom. The number of carbonyl (C=O) groups is 1. The van der Waals surface area contributed by atoms with Crippen LogP contribution in [-0.2, 0) is 14.8 Å². The Kier molecular flexibility index (Phi) is 7.30. The monoisotopic (exact) mass is 414 g/mol. The summed E-state index contributed by atoms with van der Waals surface area (Å²) in [5.74, 6) is 0.859. The van der Waals surface area contributed by atoms with Crippen LogP contribution in [0.25, 0.3) is 0 Å². The van der Waals surface area contributed by atoms with Gasteiger partial charge in [0, 0.05) is 11.6 Å². The minimum atomic E-state index is -3.62. The maximum absolute atomic E-state index is 13.0. The molecule has 1 saturated heterocycles. The predicted molar refractivity (Wildman–Crippen MR) is 106 cm³/mol. The summed E-state index contributed by atoms with van der Waals surface area (Å²) in [7, 11) is -0.641. The Balaban J connectivity index is 1.99. The van der Waals surface area contributed by atoms with Gasteiger partial charge in [-0.25, -0.2) is 8.42 Å². The molecule has 158 valence electrons. The number of nitrogens with zero attached hydrogens (tertiary/aromatic N) is 1. The lowest BCUT2D eigenvalue weighted by Crippen LogP contribution is -3.16. The Morgan fingerprint density at radius 3 is 2.32 bits per heavy atom.